The van der Waals surface area contributed by atoms with Crippen LogP contribution in [0.4, 0.5) is 22.7 Å². The largest absolute Gasteiger partial charge is 0.407 e. The van der Waals surface area contributed by atoms with Crippen LogP contribution in [0.25, 0.3) is 0 Å². The summed E-state index contributed by atoms with van der Waals surface area (Å²) in [7, 11) is 0. The van der Waals surface area contributed by atoms with E-state index in [1.165, 1.54) is 18.2 Å². The Bertz CT molecular complexity index is 506. The normalized spacial score (nSPS) is 20.2. The summed E-state index contributed by atoms with van der Waals surface area (Å²) >= 11 is -0.395. The highest BCUT2D eigenvalue weighted by Crippen LogP contribution is 2.41. The van der Waals surface area contributed by atoms with Gasteiger partial charge in [-0.1, -0.05) is 17.7 Å². The predicted octanol–water partition coefficient (Wildman–Crippen LogP) is 3.07. The van der Waals surface area contributed by atoms with Crippen LogP contribution in [-0.2, 0) is 4.79 Å². The topological polar surface area (TPSA) is 32.3 Å². The summed E-state index contributed by atoms with van der Waals surface area (Å²) < 4.78 is 52.5. The highest BCUT2D eigenvalue weighted by atomic mass is 32.2. The van der Waals surface area contributed by atoms with Crippen LogP contribution >= 0.6 is 12.3 Å². The minimum absolute atomic E-state index is 0.0737. The number of carbonyl (C=O) groups is 1. The number of carbonyl (C=O) groups excluding carboxylic acids is 1. The standard InChI is InChI=1S/C11H10F4N2OS/c1-6-2-3-8-7(4-6)10(11(12,13)14)16-5-9(18)17(8)19-15/h2-4,10,16H,5H2,1H3. The number of hydrogen-bond acceptors (Lipinski definition) is 3. The zero-order valence-electron chi connectivity index (χ0n) is 9.79. The monoisotopic (exact) mass is 294 g/mol. The fourth-order valence-corrected chi connectivity index (χ4v) is 2.35. The van der Waals surface area contributed by atoms with Crippen LogP contribution in [0, 0.1) is 6.92 Å². The Morgan fingerprint density at radius 1 is 1.42 bits per heavy atom. The smallest absolute Gasteiger partial charge is 0.294 e. The van der Waals surface area contributed by atoms with Gasteiger partial charge in [-0.15, -0.1) is 3.89 Å². The Labute approximate surface area is 111 Å². The molecule has 1 unspecified atom stereocenters. The van der Waals surface area contributed by atoms with Crippen LogP contribution in [0.3, 0.4) is 0 Å². The average molecular weight is 294 g/mol. The molecule has 0 saturated heterocycles. The minimum Gasteiger partial charge on any atom is -0.294 e. The molecule has 0 radical (unpaired) electrons. The van der Waals surface area contributed by atoms with E-state index in [4.69, 9.17) is 0 Å². The molecule has 1 heterocycles. The van der Waals surface area contributed by atoms with Crippen molar-refractivity contribution in [2.75, 3.05) is 10.8 Å². The molecule has 0 saturated carbocycles. The second-order valence-electron chi connectivity index (χ2n) is 4.17. The molecule has 0 bridgehead atoms. The first-order valence-electron chi connectivity index (χ1n) is 5.37. The Hall–Kier alpha value is -1.28. The van der Waals surface area contributed by atoms with Gasteiger partial charge in [0, 0.05) is 5.56 Å². The van der Waals surface area contributed by atoms with E-state index in [1.807, 2.05) is 0 Å². The first kappa shape index (κ1) is 14.1. The van der Waals surface area contributed by atoms with Gasteiger partial charge in [0.2, 0.25) is 0 Å². The quantitative estimate of drug-likeness (QED) is 0.638. The summed E-state index contributed by atoms with van der Waals surface area (Å²) in [6, 6.07) is 2.18. The van der Waals surface area contributed by atoms with Gasteiger partial charge in [0.25, 0.3) is 5.91 Å². The fourth-order valence-electron chi connectivity index (χ4n) is 1.96. The van der Waals surface area contributed by atoms with Crippen molar-refractivity contribution < 1.29 is 21.9 Å². The molecular formula is C11H10F4N2OS. The number of halogens is 4. The van der Waals surface area contributed by atoms with Gasteiger partial charge < -0.3 is 0 Å². The number of hydrogen-bond donors (Lipinski definition) is 1. The van der Waals surface area contributed by atoms with E-state index in [2.05, 4.69) is 5.32 Å². The number of amides is 1. The molecule has 3 nitrogen and oxygen atoms in total. The lowest BCUT2D eigenvalue weighted by molar-refractivity contribution is -0.157. The Morgan fingerprint density at radius 3 is 2.68 bits per heavy atom. The molecule has 1 atom stereocenters. The van der Waals surface area contributed by atoms with E-state index in [1.54, 1.807) is 6.92 Å². The number of aryl methyl sites for hydroxylation is 1. The van der Waals surface area contributed by atoms with Crippen LogP contribution in [0.15, 0.2) is 18.2 Å². The molecule has 0 aliphatic carbocycles. The van der Waals surface area contributed by atoms with Crippen molar-refractivity contribution in [2.45, 2.75) is 19.1 Å². The minimum atomic E-state index is -4.56. The van der Waals surface area contributed by atoms with E-state index in [0.29, 0.717) is 9.87 Å². The lowest BCUT2D eigenvalue weighted by Gasteiger charge is -2.22. The second-order valence-corrected chi connectivity index (χ2v) is 4.68. The van der Waals surface area contributed by atoms with Crippen LogP contribution < -0.4 is 9.62 Å². The number of nitrogens with one attached hydrogen (secondary N) is 1. The fraction of sp³-hybridized carbons (Fsp3) is 0.364. The molecule has 1 N–H and O–H groups in total. The first-order valence-corrected chi connectivity index (χ1v) is 6.04. The summed E-state index contributed by atoms with van der Waals surface area (Å²) in [6.07, 6.45) is -4.56. The number of alkyl halides is 3. The maximum Gasteiger partial charge on any atom is 0.407 e. The SMILES string of the molecule is Cc1ccc2c(c1)C(C(F)(F)F)NCC(=O)N2SF. The van der Waals surface area contributed by atoms with Gasteiger partial charge in [0.05, 0.1) is 12.2 Å². The van der Waals surface area contributed by atoms with Crippen molar-refractivity contribution in [3.63, 3.8) is 0 Å². The molecule has 8 heteroatoms. The Morgan fingerprint density at radius 2 is 2.11 bits per heavy atom. The first-order chi connectivity index (χ1) is 8.84. The molecule has 0 fully saturated rings. The Balaban J connectivity index is 2.60. The zero-order valence-corrected chi connectivity index (χ0v) is 10.6. The van der Waals surface area contributed by atoms with Crippen molar-refractivity contribution in [1.29, 1.82) is 0 Å². The van der Waals surface area contributed by atoms with Crippen LogP contribution in [0.5, 0.6) is 0 Å². The molecule has 1 amide bonds. The van der Waals surface area contributed by atoms with Crippen LogP contribution in [0.1, 0.15) is 17.2 Å². The molecule has 0 aromatic heterocycles. The van der Waals surface area contributed by atoms with Gasteiger partial charge in [-0.3, -0.25) is 10.1 Å². The number of fused-ring (bicyclic) bond motifs is 1. The van der Waals surface area contributed by atoms with Crippen LogP contribution in [0.2, 0.25) is 0 Å². The molecule has 1 aromatic carbocycles. The number of anilines is 1. The van der Waals surface area contributed by atoms with Gasteiger partial charge in [-0.25, -0.2) is 4.31 Å². The van der Waals surface area contributed by atoms with E-state index >= 15 is 0 Å². The molecule has 104 valence electrons. The summed E-state index contributed by atoms with van der Waals surface area (Å²) in [5, 5.41) is 2.12. The summed E-state index contributed by atoms with van der Waals surface area (Å²) in [6.45, 7) is 1.06. The highest BCUT2D eigenvalue weighted by Gasteiger charge is 2.44. The maximum absolute atomic E-state index is 13.0. The van der Waals surface area contributed by atoms with Crippen molar-refractivity contribution in [2.24, 2.45) is 0 Å². The third-order valence-electron chi connectivity index (χ3n) is 2.79. The lowest BCUT2D eigenvalue weighted by atomic mass is 10.0. The van der Waals surface area contributed by atoms with Crippen molar-refractivity contribution >= 4 is 23.9 Å². The van der Waals surface area contributed by atoms with Gasteiger partial charge >= 0.3 is 6.18 Å². The molecule has 1 aliphatic rings. The van der Waals surface area contributed by atoms with Crippen molar-refractivity contribution in [3.8, 4) is 0 Å². The summed E-state index contributed by atoms with van der Waals surface area (Å²) in [4.78, 5) is 11.6. The average Bonchev–Trinajstić information content (AvgIpc) is 2.44. The molecule has 1 aromatic rings. The maximum atomic E-state index is 13.0. The van der Waals surface area contributed by atoms with Crippen molar-refractivity contribution in [3.05, 3.63) is 29.3 Å². The molecule has 2 rings (SSSR count). The van der Waals surface area contributed by atoms with Gasteiger partial charge in [-0.2, -0.15) is 13.2 Å². The van der Waals surface area contributed by atoms with E-state index in [0.717, 1.165) is 0 Å². The predicted molar refractivity (Wildman–Crippen MR) is 64.2 cm³/mol. The number of rotatable bonds is 1. The molecular weight excluding hydrogens is 284 g/mol. The Kier molecular flexibility index (Phi) is 3.73. The third-order valence-corrected chi connectivity index (χ3v) is 3.33. The summed E-state index contributed by atoms with van der Waals surface area (Å²) in [5.74, 6) is -0.760. The lowest BCUT2D eigenvalue weighted by Crippen LogP contribution is -2.36. The highest BCUT2D eigenvalue weighted by molar-refractivity contribution is 7.96. The van der Waals surface area contributed by atoms with E-state index in [-0.39, 0.29) is 11.3 Å². The number of nitrogens with zero attached hydrogens (tertiary/aromatic N) is 1. The van der Waals surface area contributed by atoms with Crippen molar-refractivity contribution in [1.82, 2.24) is 5.32 Å². The summed E-state index contributed by atoms with van der Waals surface area (Å²) in [5.41, 5.74) is 0.381. The van der Waals surface area contributed by atoms with Gasteiger partial charge in [0.1, 0.15) is 6.04 Å². The molecule has 1 aliphatic heterocycles. The third kappa shape index (κ3) is 2.69. The van der Waals surface area contributed by atoms with Gasteiger partial charge in [-0.05, 0) is 13.0 Å². The molecule has 19 heavy (non-hydrogen) atoms. The van der Waals surface area contributed by atoms with Gasteiger partial charge in [0.15, 0.2) is 12.3 Å². The zero-order chi connectivity index (χ0) is 14.2. The second kappa shape index (κ2) is 5.01. The number of benzene rings is 1. The van der Waals surface area contributed by atoms with E-state index in [9.17, 15) is 21.9 Å². The van der Waals surface area contributed by atoms with Crippen LogP contribution in [-0.4, -0.2) is 18.6 Å². The van der Waals surface area contributed by atoms with E-state index < -0.39 is 37.0 Å². The molecule has 0 spiro atoms.